The van der Waals surface area contributed by atoms with Crippen molar-refractivity contribution < 1.29 is 13.7 Å². The van der Waals surface area contributed by atoms with Gasteiger partial charge in [-0.3, -0.25) is 4.79 Å². The van der Waals surface area contributed by atoms with Gasteiger partial charge in [0.25, 0.3) is 0 Å². The first-order chi connectivity index (χ1) is 10.8. The number of nitrogens with zero attached hydrogens (tertiary/aromatic N) is 3. The van der Waals surface area contributed by atoms with Crippen molar-refractivity contribution in [3.63, 3.8) is 0 Å². The predicted molar refractivity (Wildman–Crippen MR) is 80.0 cm³/mol. The van der Waals surface area contributed by atoms with Crippen LogP contribution in [0.3, 0.4) is 0 Å². The topological polar surface area (TPSA) is 72.4 Å². The first-order valence-electron chi connectivity index (χ1n) is 7.59. The molecule has 0 radical (unpaired) electrons. The van der Waals surface area contributed by atoms with Crippen LogP contribution in [-0.2, 0) is 11.2 Å². The van der Waals surface area contributed by atoms with E-state index in [9.17, 15) is 4.79 Å². The lowest BCUT2D eigenvalue weighted by Crippen LogP contribution is -2.38. The Morgan fingerprint density at radius 2 is 2.45 bits per heavy atom. The fourth-order valence-electron chi connectivity index (χ4n) is 2.61. The van der Waals surface area contributed by atoms with E-state index >= 15 is 0 Å². The second kappa shape index (κ2) is 6.60. The normalized spacial score (nSPS) is 19.0. The quantitative estimate of drug-likeness (QED) is 0.812. The average molecular weight is 301 g/mol. The van der Waals surface area contributed by atoms with Crippen molar-refractivity contribution in [2.45, 2.75) is 32.1 Å². The van der Waals surface area contributed by atoms with Gasteiger partial charge in [-0.1, -0.05) is 12.1 Å². The van der Waals surface area contributed by atoms with Crippen LogP contribution in [0.2, 0.25) is 0 Å². The summed E-state index contributed by atoms with van der Waals surface area (Å²) in [7, 11) is 0. The minimum absolute atomic E-state index is 0.0136. The van der Waals surface area contributed by atoms with Crippen molar-refractivity contribution in [2.75, 3.05) is 13.1 Å². The minimum atomic E-state index is -0.0136. The Bertz CT molecular complexity index is 645. The monoisotopic (exact) mass is 301 g/mol. The number of piperidine rings is 1. The Kier molecular flexibility index (Phi) is 4.37. The molecule has 22 heavy (non-hydrogen) atoms. The van der Waals surface area contributed by atoms with Gasteiger partial charge in [-0.2, -0.15) is 4.98 Å². The number of hydrogen-bond donors (Lipinski definition) is 0. The molecule has 3 rings (SSSR count). The van der Waals surface area contributed by atoms with Crippen LogP contribution in [0.4, 0.5) is 0 Å². The molecule has 1 fully saturated rings. The molecule has 3 heterocycles. The number of amides is 1. The third-order valence-electron chi connectivity index (χ3n) is 3.82. The van der Waals surface area contributed by atoms with Crippen molar-refractivity contribution >= 4 is 12.0 Å². The molecular formula is C16H19N3O3. The molecule has 1 amide bonds. The number of rotatable bonds is 4. The molecule has 0 bridgehead atoms. The number of carbonyl (C=O) groups excluding carboxylic acids is 1. The number of hydrogen-bond acceptors (Lipinski definition) is 5. The lowest BCUT2D eigenvalue weighted by Gasteiger charge is -2.30. The van der Waals surface area contributed by atoms with Crippen molar-refractivity contribution in [1.82, 2.24) is 15.0 Å². The Balaban J connectivity index is 1.63. The van der Waals surface area contributed by atoms with Gasteiger partial charge >= 0.3 is 0 Å². The molecule has 0 unspecified atom stereocenters. The molecule has 0 aliphatic carbocycles. The number of furan rings is 1. The van der Waals surface area contributed by atoms with Crippen LogP contribution in [0.1, 0.15) is 43.2 Å². The van der Waals surface area contributed by atoms with E-state index in [1.165, 1.54) is 0 Å². The Hall–Kier alpha value is -2.37. The molecule has 1 atom stereocenters. The van der Waals surface area contributed by atoms with Gasteiger partial charge in [-0.15, -0.1) is 0 Å². The molecule has 6 nitrogen and oxygen atoms in total. The van der Waals surface area contributed by atoms with Gasteiger partial charge in [-0.05, 0) is 31.1 Å². The van der Waals surface area contributed by atoms with Gasteiger partial charge < -0.3 is 13.8 Å². The second-order valence-corrected chi connectivity index (χ2v) is 5.37. The maximum absolute atomic E-state index is 12.3. The second-order valence-electron chi connectivity index (χ2n) is 5.37. The average Bonchev–Trinajstić information content (AvgIpc) is 3.24. The maximum atomic E-state index is 12.3. The van der Waals surface area contributed by atoms with Crippen LogP contribution in [0.25, 0.3) is 6.08 Å². The Labute approximate surface area is 128 Å². The van der Waals surface area contributed by atoms with E-state index in [1.807, 2.05) is 17.9 Å². The van der Waals surface area contributed by atoms with E-state index < -0.39 is 0 Å². The zero-order valence-electron chi connectivity index (χ0n) is 12.6. The molecule has 0 aromatic carbocycles. The molecular weight excluding hydrogens is 282 g/mol. The summed E-state index contributed by atoms with van der Waals surface area (Å²) >= 11 is 0. The van der Waals surface area contributed by atoms with Gasteiger partial charge in [0, 0.05) is 31.5 Å². The van der Waals surface area contributed by atoms with Crippen LogP contribution >= 0.6 is 0 Å². The Morgan fingerprint density at radius 3 is 3.18 bits per heavy atom. The molecule has 2 aromatic heterocycles. The molecule has 1 aliphatic heterocycles. The molecule has 1 aliphatic rings. The van der Waals surface area contributed by atoms with Crippen molar-refractivity contribution in [3.8, 4) is 0 Å². The van der Waals surface area contributed by atoms with Crippen LogP contribution < -0.4 is 0 Å². The molecule has 0 spiro atoms. The fraction of sp³-hybridized carbons (Fsp3) is 0.438. The lowest BCUT2D eigenvalue weighted by molar-refractivity contribution is -0.127. The number of carbonyl (C=O) groups is 1. The Morgan fingerprint density at radius 1 is 1.55 bits per heavy atom. The van der Waals surface area contributed by atoms with Crippen LogP contribution in [-0.4, -0.2) is 34.0 Å². The highest BCUT2D eigenvalue weighted by atomic mass is 16.5. The summed E-state index contributed by atoms with van der Waals surface area (Å²) in [6.45, 7) is 3.37. The summed E-state index contributed by atoms with van der Waals surface area (Å²) in [5, 5.41) is 4.03. The first-order valence-corrected chi connectivity index (χ1v) is 7.59. The molecule has 116 valence electrons. The molecule has 1 saturated heterocycles. The van der Waals surface area contributed by atoms with Gasteiger partial charge in [0.1, 0.15) is 5.76 Å². The zero-order valence-corrected chi connectivity index (χ0v) is 12.6. The summed E-state index contributed by atoms with van der Waals surface area (Å²) in [5.74, 6) is 2.17. The zero-order chi connectivity index (χ0) is 15.4. The highest BCUT2D eigenvalue weighted by molar-refractivity contribution is 5.91. The highest BCUT2D eigenvalue weighted by Crippen LogP contribution is 2.25. The molecule has 6 heteroatoms. The van der Waals surface area contributed by atoms with E-state index in [1.54, 1.807) is 24.5 Å². The number of likely N-dealkylation sites (tertiary alicyclic amines) is 1. The number of aryl methyl sites for hydroxylation is 1. The van der Waals surface area contributed by atoms with E-state index in [0.29, 0.717) is 24.0 Å². The molecule has 0 N–H and O–H groups in total. The molecule has 0 saturated carbocycles. The van der Waals surface area contributed by atoms with E-state index in [4.69, 9.17) is 8.94 Å². The van der Waals surface area contributed by atoms with E-state index in [2.05, 4.69) is 10.1 Å². The van der Waals surface area contributed by atoms with Gasteiger partial charge in [0.05, 0.1) is 6.26 Å². The summed E-state index contributed by atoms with van der Waals surface area (Å²) in [6, 6.07) is 3.61. The van der Waals surface area contributed by atoms with Gasteiger partial charge in [-0.25, -0.2) is 0 Å². The SMILES string of the molecule is CCc1nc([C@@H]2CCCN(C(=O)/C=C\c3ccco3)C2)no1. The molecule has 2 aromatic rings. The maximum Gasteiger partial charge on any atom is 0.246 e. The standard InChI is InChI=1S/C16H19N3O3/c1-2-14-17-16(18-22-14)12-5-3-9-19(11-12)15(20)8-7-13-6-4-10-21-13/h4,6-8,10,12H,2-3,5,9,11H2,1H3/b8-7-/t12-/m1/s1. The smallest absolute Gasteiger partial charge is 0.246 e. The lowest BCUT2D eigenvalue weighted by atomic mass is 9.97. The largest absolute Gasteiger partial charge is 0.465 e. The fourth-order valence-corrected chi connectivity index (χ4v) is 2.61. The van der Waals surface area contributed by atoms with Gasteiger partial charge in [0.2, 0.25) is 11.8 Å². The van der Waals surface area contributed by atoms with E-state index in [0.717, 1.165) is 25.8 Å². The summed E-state index contributed by atoms with van der Waals surface area (Å²) in [4.78, 5) is 18.5. The van der Waals surface area contributed by atoms with Gasteiger partial charge in [0.15, 0.2) is 5.82 Å². The first kappa shape index (κ1) is 14.6. The summed E-state index contributed by atoms with van der Waals surface area (Å²) < 4.78 is 10.4. The number of aromatic nitrogens is 2. The van der Waals surface area contributed by atoms with E-state index in [-0.39, 0.29) is 11.8 Å². The van der Waals surface area contributed by atoms with Crippen LogP contribution in [0.5, 0.6) is 0 Å². The third-order valence-corrected chi connectivity index (χ3v) is 3.82. The van der Waals surface area contributed by atoms with Crippen molar-refractivity contribution in [2.24, 2.45) is 0 Å². The highest BCUT2D eigenvalue weighted by Gasteiger charge is 2.27. The van der Waals surface area contributed by atoms with Crippen LogP contribution in [0, 0.1) is 0 Å². The van der Waals surface area contributed by atoms with Crippen molar-refractivity contribution in [1.29, 1.82) is 0 Å². The summed E-state index contributed by atoms with van der Waals surface area (Å²) in [6.07, 6.45) is 7.48. The summed E-state index contributed by atoms with van der Waals surface area (Å²) in [5.41, 5.74) is 0. The van der Waals surface area contributed by atoms with Crippen molar-refractivity contribution in [3.05, 3.63) is 41.9 Å². The predicted octanol–water partition coefficient (Wildman–Crippen LogP) is 2.64. The van der Waals surface area contributed by atoms with Crippen LogP contribution in [0.15, 0.2) is 33.4 Å². The third kappa shape index (κ3) is 3.27. The minimum Gasteiger partial charge on any atom is -0.465 e.